The first-order valence-electron chi connectivity index (χ1n) is 8.47. The van der Waals surface area contributed by atoms with E-state index in [4.69, 9.17) is 16.3 Å². The number of aryl methyl sites for hydroxylation is 1. The van der Waals surface area contributed by atoms with Gasteiger partial charge in [0.1, 0.15) is 5.75 Å². The van der Waals surface area contributed by atoms with Crippen molar-refractivity contribution in [1.82, 2.24) is 0 Å². The molecule has 2 rings (SSSR count). The molecule has 6 heteroatoms. The van der Waals surface area contributed by atoms with Crippen LogP contribution >= 0.6 is 11.6 Å². The quantitative estimate of drug-likeness (QED) is 0.779. The molecule has 0 aliphatic rings. The van der Waals surface area contributed by atoms with Crippen LogP contribution in [0.5, 0.6) is 5.75 Å². The predicted molar refractivity (Wildman–Crippen MR) is 105 cm³/mol. The lowest BCUT2D eigenvalue weighted by Crippen LogP contribution is -2.32. The molecule has 0 saturated carbocycles. The Labute approximate surface area is 158 Å². The Hall–Kier alpha value is -2.53. The summed E-state index contributed by atoms with van der Waals surface area (Å²) in [6.07, 6.45) is 0.179. The van der Waals surface area contributed by atoms with Crippen LogP contribution in [-0.4, -0.2) is 25.0 Å². The lowest BCUT2D eigenvalue weighted by molar-refractivity contribution is -0.117. The fourth-order valence-electron chi connectivity index (χ4n) is 2.51. The minimum absolute atomic E-state index is 0.124. The summed E-state index contributed by atoms with van der Waals surface area (Å²) in [6, 6.07) is 12.6. The summed E-state index contributed by atoms with van der Waals surface area (Å²) in [5.74, 6) is 0.447. The third kappa shape index (κ3) is 5.49. The van der Waals surface area contributed by atoms with Crippen molar-refractivity contribution >= 4 is 34.8 Å². The molecule has 0 fully saturated rings. The molecule has 0 aromatic heterocycles. The first-order chi connectivity index (χ1) is 12.4. The molecule has 2 aromatic rings. The molecule has 0 heterocycles. The zero-order valence-corrected chi connectivity index (χ0v) is 16.0. The molecule has 0 saturated heterocycles. The summed E-state index contributed by atoms with van der Waals surface area (Å²) < 4.78 is 5.41. The van der Waals surface area contributed by atoms with E-state index in [1.165, 1.54) is 6.92 Å². The summed E-state index contributed by atoms with van der Waals surface area (Å²) in [4.78, 5) is 25.8. The summed E-state index contributed by atoms with van der Waals surface area (Å²) in [7, 11) is 0. The maximum absolute atomic E-state index is 12.3. The maximum atomic E-state index is 12.3. The standard InChI is InChI=1S/C20H23ClN2O3/c1-4-26-18-9-7-17(8-10-18)23(15(3)24)12-11-20(25)22-19-13-16(21)6-5-14(19)2/h5-10,13H,4,11-12H2,1-3H3,(H,22,25). The van der Waals surface area contributed by atoms with Gasteiger partial charge >= 0.3 is 0 Å². The number of carbonyl (C=O) groups is 2. The van der Waals surface area contributed by atoms with E-state index in [1.807, 2.05) is 44.2 Å². The minimum atomic E-state index is -0.174. The summed E-state index contributed by atoms with van der Waals surface area (Å²) >= 11 is 5.97. The monoisotopic (exact) mass is 374 g/mol. The third-order valence-electron chi connectivity index (χ3n) is 3.88. The van der Waals surface area contributed by atoms with Crippen LogP contribution in [0, 0.1) is 6.92 Å². The van der Waals surface area contributed by atoms with E-state index in [0.717, 1.165) is 17.0 Å². The van der Waals surface area contributed by atoms with Crippen LogP contribution < -0.4 is 15.0 Å². The van der Waals surface area contributed by atoms with Gasteiger partial charge in [0.05, 0.1) is 6.61 Å². The Bertz CT molecular complexity index is 775. The highest BCUT2D eigenvalue weighted by atomic mass is 35.5. The summed E-state index contributed by atoms with van der Waals surface area (Å²) in [6.45, 7) is 6.16. The molecule has 0 radical (unpaired) electrons. The van der Waals surface area contributed by atoms with Crippen molar-refractivity contribution in [2.45, 2.75) is 27.2 Å². The Morgan fingerprint density at radius 1 is 1.15 bits per heavy atom. The van der Waals surface area contributed by atoms with Gasteiger partial charge in [-0.15, -0.1) is 0 Å². The molecule has 2 amide bonds. The highest BCUT2D eigenvalue weighted by Gasteiger charge is 2.14. The molecule has 0 spiro atoms. The van der Waals surface area contributed by atoms with Gasteiger partial charge in [0.2, 0.25) is 11.8 Å². The molecule has 0 atom stereocenters. The lowest BCUT2D eigenvalue weighted by atomic mass is 10.2. The zero-order chi connectivity index (χ0) is 19.1. The van der Waals surface area contributed by atoms with Gasteiger partial charge in [0.15, 0.2) is 0 Å². The number of rotatable bonds is 7. The predicted octanol–water partition coefficient (Wildman–Crippen LogP) is 4.43. The highest BCUT2D eigenvalue weighted by molar-refractivity contribution is 6.31. The molecule has 5 nitrogen and oxygen atoms in total. The minimum Gasteiger partial charge on any atom is -0.494 e. The van der Waals surface area contributed by atoms with Crippen molar-refractivity contribution in [3.8, 4) is 5.75 Å². The van der Waals surface area contributed by atoms with Crippen molar-refractivity contribution in [2.75, 3.05) is 23.4 Å². The van der Waals surface area contributed by atoms with Gasteiger partial charge in [-0.2, -0.15) is 0 Å². The van der Waals surface area contributed by atoms with Gasteiger partial charge in [0.25, 0.3) is 0 Å². The topological polar surface area (TPSA) is 58.6 Å². The number of anilines is 2. The number of nitrogens with one attached hydrogen (secondary N) is 1. The number of amides is 2. The molecule has 0 aliphatic carbocycles. The number of benzene rings is 2. The maximum Gasteiger partial charge on any atom is 0.226 e. The van der Waals surface area contributed by atoms with Gasteiger partial charge in [-0.3, -0.25) is 9.59 Å². The second-order valence-electron chi connectivity index (χ2n) is 5.85. The van der Waals surface area contributed by atoms with Gasteiger partial charge in [-0.25, -0.2) is 0 Å². The third-order valence-corrected chi connectivity index (χ3v) is 4.11. The van der Waals surface area contributed by atoms with Crippen LogP contribution in [0.2, 0.25) is 5.02 Å². The Balaban J connectivity index is 2.00. The van der Waals surface area contributed by atoms with Gasteiger partial charge < -0.3 is 15.0 Å². The van der Waals surface area contributed by atoms with Crippen LogP contribution in [-0.2, 0) is 9.59 Å². The summed E-state index contributed by atoms with van der Waals surface area (Å²) in [5, 5.41) is 3.40. The zero-order valence-electron chi connectivity index (χ0n) is 15.2. The van der Waals surface area contributed by atoms with E-state index < -0.39 is 0 Å². The number of hydrogen-bond donors (Lipinski definition) is 1. The molecule has 0 bridgehead atoms. The summed E-state index contributed by atoms with van der Waals surface area (Å²) in [5.41, 5.74) is 2.34. The second-order valence-corrected chi connectivity index (χ2v) is 6.29. The van der Waals surface area contributed by atoms with E-state index in [1.54, 1.807) is 17.0 Å². The fourth-order valence-corrected chi connectivity index (χ4v) is 2.68. The smallest absolute Gasteiger partial charge is 0.226 e. The number of carbonyl (C=O) groups excluding carboxylic acids is 2. The van der Waals surface area contributed by atoms with Gasteiger partial charge in [-0.1, -0.05) is 17.7 Å². The van der Waals surface area contributed by atoms with E-state index in [0.29, 0.717) is 17.3 Å². The number of nitrogens with zero attached hydrogens (tertiary/aromatic N) is 1. The average molecular weight is 375 g/mol. The Morgan fingerprint density at radius 3 is 2.46 bits per heavy atom. The SMILES string of the molecule is CCOc1ccc(N(CCC(=O)Nc2cc(Cl)ccc2C)C(C)=O)cc1. The van der Waals surface area contributed by atoms with Crippen LogP contribution in [0.1, 0.15) is 25.8 Å². The number of halogens is 1. The molecule has 138 valence electrons. The molecular formula is C20H23ClN2O3. The van der Waals surface area contributed by atoms with E-state index >= 15 is 0 Å². The van der Waals surface area contributed by atoms with Crippen molar-refractivity contribution in [3.05, 3.63) is 53.1 Å². The lowest BCUT2D eigenvalue weighted by Gasteiger charge is -2.21. The van der Waals surface area contributed by atoms with Crippen molar-refractivity contribution < 1.29 is 14.3 Å². The van der Waals surface area contributed by atoms with Crippen LogP contribution in [0.25, 0.3) is 0 Å². The largest absolute Gasteiger partial charge is 0.494 e. The van der Waals surface area contributed by atoms with Crippen molar-refractivity contribution in [2.24, 2.45) is 0 Å². The van der Waals surface area contributed by atoms with Crippen LogP contribution in [0.15, 0.2) is 42.5 Å². The first-order valence-corrected chi connectivity index (χ1v) is 8.85. The van der Waals surface area contributed by atoms with Crippen LogP contribution in [0.3, 0.4) is 0 Å². The van der Waals surface area contributed by atoms with Crippen molar-refractivity contribution in [3.63, 3.8) is 0 Å². The van der Waals surface area contributed by atoms with E-state index in [9.17, 15) is 9.59 Å². The Morgan fingerprint density at radius 2 is 1.85 bits per heavy atom. The second kappa shape index (κ2) is 9.25. The van der Waals surface area contributed by atoms with E-state index in [-0.39, 0.29) is 24.8 Å². The van der Waals surface area contributed by atoms with E-state index in [2.05, 4.69) is 5.32 Å². The first kappa shape index (κ1) is 19.8. The van der Waals surface area contributed by atoms with Crippen molar-refractivity contribution in [1.29, 1.82) is 0 Å². The average Bonchev–Trinajstić information content (AvgIpc) is 2.59. The number of hydrogen-bond acceptors (Lipinski definition) is 3. The molecule has 0 aliphatic heterocycles. The normalized spacial score (nSPS) is 10.3. The van der Waals surface area contributed by atoms with Gasteiger partial charge in [-0.05, 0) is 55.8 Å². The molecular weight excluding hydrogens is 352 g/mol. The molecule has 2 aromatic carbocycles. The number of ether oxygens (including phenoxy) is 1. The molecule has 1 N–H and O–H groups in total. The fraction of sp³-hybridized carbons (Fsp3) is 0.300. The van der Waals surface area contributed by atoms with Crippen LogP contribution in [0.4, 0.5) is 11.4 Å². The van der Waals surface area contributed by atoms with Gasteiger partial charge in [0, 0.05) is 36.3 Å². The highest BCUT2D eigenvalue weighted by Crippen LogP contribution is 2.22. The Kier molecular flexibility index (Phi) is 7.04. The molecule has 0 unspecified atom stereocenters. The molecule has 26 heavy (non-hydrogen) atoms.